The van der Waals surface area contributed by atoms with Gasteiger partial charge in [-0.1, -0.05) is 37.1 Å². The molecule has 1 N–H and O–H groups in total. The van der Waals surface area contributed by atoms with E-state index in [9.17, 15) is 14.0 Å². The monoisotopic (exact) mass is 366 g/mol. The van der Waals surface area contributed by atoms with E-state index in [1.165, 1.54) is 0 Å². The predicted octanol–water partition coefficient (Wildman–Crippen LogP) is 3.23. The molecule has 0 radical (unpaired) electrons. The van der Waals surface area contributed by atoms with Crippen LogP contribution in [0.4, 0.5) is 4.39 Å². The maximum Gasteiger partial charge on any atom is 0.233 e. The van der Waals surface area contributed by atoms with Gasteiger partial charge in [-0.15, -0.1) is 0 Å². The number of carbonyl (C=O) groups excluding carboxylic acids is 2. The number of hydrogen-bond donors (Lipinski definition) is 1. The zero-order chi connectivity index (χ0) is 18.0. The molecule has 1 aromatic rings. The summed E-state index contributed by atoms with van der Waals surface area (Å²) in [6.07, 6.45) is 2.17. The summed E-state index contributed by atoms with van der Waals surface area (Å²) in [6.45, 7) is 2.20. The topological polar surface area (TPSA) is 49.4 Å². The van der Waals surface area contributed by atoms with Gasteiger partial charge >= 0.3 is 0 Å². The molecule has 25 heavy (non-hydrogen) atoms. The Bertz CT molecular complexity index is 645. The summed E-state index contributed by atoms with van der Waals surface area (Å²) in [7, 11) is 0. The fourth-order valence-electron chi connectivity index (χ4n) is 3.86. The third kappa shape index (κ3) is 3.52. The van der Waals surface area contributed by atoms with Gasteiger partial charge in [0.25, 0.3) is 0 Å². The van der Waals surface area contributed by atoms with Crippen molar-refractivity contribution in [3.8, 4) is 0 Å². The van der Waals surface area contributed by atoms with Crippen LogP contribution >= 0.6 is 11.6 Å². The molecular formula is C19H24ClFN2O2. The summed E-state index contributed by atoms with van der Waals surface area (Å²) in [5, 5.41) is 3.43. The van der Waals surface area contributed by atoms with Crippen molar-refractivity contribution < 1.29 is 14.0 Å². The third-order valence-electron chi connectivity index (χ3n) is 5.49. The molecule has 0 unspecified atom stereocenters. The number of alkyl halides is 1. The Labute approximate surface area is 152 Å². The van der Waals surface area contributed by atoms with Crippen LogP contribution in [0.2, 0.25) is 5.02 Å². The third-order valence-corrected chi connectivity index (χ3v) is 5.75. The fourth-order valence-corrected chi connectivity index (χ4v) is 3.98. The Morgan fingerprint density at radius 1 is 1.32 bits per heavy atom. The van der Waals surface area contributed by atoms with Gasteiger partial charge < -0.3 is 10.2 Å². The van der Waals surface area contributed by atoms with E-state index in [0.29, 0.717) is 18.0 Å². The maximum absolute atomic E-state index is 14.0. The van der Waals surface area contributed by atoms with Crippen LogP contribution in [0.3, 0.4) is 0 Å². The molecular weight excluding hydrogens is 343 g/mol. The van der Waals surface area contributed by atoms with Gasteiger partial charge in [-0.05, 0) is 30.5 Å². The van der Waals surface area contributed by atoms with E-state index >= 15 is 0 Å². The molecule has 1 saturated carbocycles. The first-order chi connectivity index (χ1) is 12.0. The van der Waals surface area contributed by atoms with Crippen molar-refractivity contribution in [2.45, 2.75) is 56.7 Å². The first-order valence-corrected chi connectivity index (χ1v) is 9.32. The highest BCUT2D eigenvalue weighted by molar-refractivity contribution is 6.30. The van der Waals surface area contributed by atoms with Crippen molar-refractivity contribution in [3.05, 3.63) is 34.9 Å². The minimum Gasteiger partial charge on any atom is -0.354 e. The molecule has 2 amide bonds. The van der Waals surface area contributed by atoms with Crippen LogP contribution in [0.25, 0.3) is 0 Å². The molecule has 2 aliphatic rings. The summed E-state index contributed by atoms with van der Waals surface area (Å²) in [4.78, 5) is 26.5. The largest absolute Gasteiger partial charge is 0.354 e. The standard InChI is InChI=1S/C19H24ClFN2O2/c1-2-17(24)22-11-16-10-15(21)12-23(16)18(25)19(8-3-9-19)13-4-6-14(20)7-5-13/h4-7,15-16H,2-3,8-12H2,1H3,(H,22,24)/t15-,16-/m0/s1. The highest BCUT2D eigenvalue weighted by Crippen LogP contribution is 2.46. The van der Waals surface area contributed by atoms with Crippen LogP contribution in [0, 0.1) is 0 Å². The molecule has 2 atom stereocenters. The van der Waals surface area contributed by atoms with Gasteiger partial charge in [0.15, 0.2) is 0 Å². The maximum atomic E-state index is 14.0. The number of likely N-dealkylation sites (tertiary alicyclic amines) is 1. The second-order valence-corrected chi connectivity index (χ2v) is 7.48. The molecule has 0 spiro atoms. The average molecular weight is 367 g/mol. The number of rotatable bonds is 5. The highest BCUT2D eigenvalue weighted by Gasteiger charge is 2.50. The average Bonchev–Trinajstić information content (AvgIpc) is 2.94. The van der Waals surface area contributed by atoms with Crippen LogP contribution in [0.1, 0.15) is 44.6 Å². The van der Waals surface area contributed by atoms with Crippen molar-refractivity contribution in [3.63, 3.8) is 0 Å². The number of nitrogens with zero attached hydrogens (tertiary/aromatic N) is 1. The second-order valence-electron chi connectivity index (χ2n) is 7.04. The summed E-state index contributed by atoms with van der Waals surface area (Å²) in [5.74, 6) is -0.0947. The van der Waals surface area contributed by atoms with Crippen molar-refractivity contribution in [1.82, 2.24) is 10.2 Å². The predicted molar refractivity (Wildman–Crippen MR) is 95.3 cm³/mol. The first kappa shape index (κ1) is 18.2. The number of halogens is 2. The Kier molecular flexibility index (Phi) is 5.32. The highest BCUT2D eigenvalue weighted by atomic mass is 35.5. The fraction of sp³-hybridized carbons (Fsp3) is 0.579. The zero-order valence-electron chi connectivity index (χ0n) is 14.4. The SMILES string of the molecule is CCC(=O)NC[C@@H]1C[C@H](F)CN1C(=O)C1(c2ccc(Cl)cc2)CCC1. The zero-order valence-corrected chi connectivity index (χ0v) is 15.2. The van der Waals surface area contributed by atoms with Crippen molar-refractivity contribution in [1.29, 1.82) is 0 Å². The molecule has 0 aromatic heterocycles. The van der Waals surface area contributed by atoms with E-state index in [0.717, 1.165) is 24.8 Å². The molecule has 136 valence electrons. The molecule has 1 aliphatic heterocycles. The summed E-state index contributed by atoms with van der Waals surface area (Å²) < 4.78 is 14.0. The molecule has 4 nitrogen and oxygen atoms in total. The van der Waals surface area contributed by atoms with E-state index in [1.807, 2.05) is 12.1 Å². The Balaban J connectivity index is 1.79. The molecule has 2 fully saturated rings. The van der Waals surface area contributed by atoms with Gasteiger partial charge in [-0.3, -0.25) is 9.59 Å². The van der Waals surface area contributed by atoms with E-state index < -0.39 is 11.6 Å². The van der Waals surface area contributed by atoms with Crippen LogP contribution < -0.4 is 5.32 Å². The van der Waals surface area contributed by atoms with Gasteiger partial charge in [-0.2, -0.15) is 0 Å². The van der Waals surface area contributed by atoms with Crippen LogP contribution in [0.15, 0.2) is 24.3 Å². The lowest BCUT2D eigenvalue weighted by atomic mass is 9.63. The number of nitrogens with one attached hydrogen (secondary N) is 1. The Morgan fingerprint density at radius 3 is 2.56 bits per heavy atom. The van der Waals surface area contributed by atoms with Crippen molar-refractivity contribution >= 4 is 23.4 Å². The van der Waals surface area contributed by atoms with Gasteiger partial charge in [0.05, 0.1) is 18.0 Å². The molecule has 1 aliphatic carbocycles. The molecule has 1 heterocycles. The number of benzene rings is 1. The van der Waals surface area contributed by atoms with E-state index in [4.69, 9.17) is 11.6 Å². The first-order valence-electron chi connectivity index (χ1n) is 8.94. The molecule has 1 saturated heterocycles. The van der Waals surface area contributed by atoms with Crippen LogP contribution in [0.5, 0.6) is 0 Å². The number of carbonyl (C=O) groups is 2. The quantitative estimate of drug-likeness (QED) is 0.869. The van der Waals surface area contributed by atoms with Crippen molar-refractivity contribution in [2.75, 3.05) is 13.1 Å². The molecule has 0 bridgehead atoms. The van der Waals surface area contributed by atoms with E-state index in [1.54, 1.807) is 24.0 Å². The van der Waals surface area contributed by atoms with E-state index in [2.05, 4.69) is 5.32 Å². The smallest absolute Gasteiger partial charge is 0.233 e. The number of hydrogen-bond acceptors (Lipinski definition) is 2. The Morgan fingerprint density at radius 2 is 2.00 bits per heavy atom. The van der Waals surface area contributed by atoms with E-state index in [-0.39, 0.29) is 30.8 Å². The van der Waals surface area contributed by atoms with Gasteiger partial charge in [0.2, 0.25) is 11.8 Å². The van der Waals surface area contributed by atoms with Crippen LogP contribution in [-0.4, -0.2) is 42.0 Å². The van der Waals surface area contributed by atoms with Gasteiger partial charge in [-0.25, -0.2) is 4.39 Å². The lowest BCUT2D eigenvalue weighted by Crippen LogP contribution is -2.54. The molecule has 1 aromatic carbocycles. The Hall–Kier alpha value is -1.62. The van der Waals surface area contributed by atoms with Crippen molar-refractivity contribution in [2.24, 2.45) is 0 Å². The summed E-state index contributed by atoms with van der Waals surface area (Å²) in [5.41, 5.74) is 0.383. The van der Waals surface area contributed by atoms with Crippen LogP contribution in [-0.2, 0) is 15.0 Å². The molecule has 3 rings (SSSR count). The normalized spacial score (nSPS) is 24.7. The van der Waals surface area contributed by atoms with Gasteiger partial charge in [0.1, 0.15) is 6.17 Å². The molecule has 6 heteroatoms. The minimum absolute atomic E-state index is 0.0167. The number of amides is 2. The van der Waals surface area contributed by atoms with Gasteiger partial charge in [0, 0.05) is 24.4 Å². The summed E-state index contributed by atoms with van der Waals surface area (Å²) in [6, 6.07) is 7.12. The summed E-state index contributed by atoms with van der Waals surface area (Å²) >= 11 is 5.97. The minimum atomic E-state index is -1.03. The lowest BCUT2D eigenvalue weighted by molar-refractivity contribution is -0.142. The second kappa shape index (κ2) is 7.32. The lowest BCUT2D eigenvalue weighted by Gasteiger charge is -2.44.